The predicted molar refractivity (Wildman–Crippen MR) is 73.4 cm³/mol. The van der Waals surface area contributed by atoms with Gasteiger partial charge in [-0.3, -0.25) is 0 Å². The first-order valence-electron chi connectivity index (χ1n) is 6.34. The van der Waals surface area contributed by atoms with Gasteiger partial charge < -0.3 is 5.32 Å². The second-order valence-electron chi connectivity index (χ2n) is 5.79. The molecular formula is C12H24ClNO2S. The van der Waals surface area contributed by atoms with Crippen molar-refractivity contribution >= 4 is 21.4 Å². The van der Waals surface area contributed by atoms with Gasteiger partial charge in [-0.25, -0.2) is 8.42 Å². The molecule has 1 N–H and O–H groups in total. The van der Waals surface area contributed by atoms with Crippen LogP contribution >= 0.6 is 11.6 Å². The van der Waals surface area contributed by atoms with Crippen LogP contribution in [-0.2, 0) is 9.84 Å². The van der Waals surface area contributed by atoms with Gasteiger partial charge in [0.05, 0.1) is 10.5 Å². The molecule has 1 aliphatic carbocycles. The zero-order valence-electron chi connectivity index (χ0n) is 11.0. The lowest BCUT2D eigenvalue weighted by Gasteiger charge is -2.28. The number of alkyl halides is 1. The molecule has 0 amide bonds. The summed E-state index contributed by atoms with van der Waals surface area (Å²) in [7, 11) is -3.02. The van der Waals surface area contributed by atoms with E-state index in [-0.39, 0.29) is 17.2 Å². The lowest BCUT2D eigenvalue weighted by molar-refractivity contribution is 0.386. The first kappa shape index (κ1) is 15.3. The van der Waals surface area contributed by atoms with E-state index < -0.39 is 14.6 Å². The third-order valence-corrected chi connectivity index (χ3v) is 6.52. The van der Waals surface area contributed by atoms with Gasteiger partial charge in [-0.2, -0.15) is 0 Å². The molecule has 1 fully saturated rings. The molecule has 0 aromatic carbocycles. The smallest absolute Gasteiger partial charge is 0.156 e. The number of rotatable bonds is 4. The van der Waals surface area contributed by atoms with Crippen molar-refractivity contribution in [2.24, 2.45) is 0 Å². The van der Waals surface area contributed by atoms with Crippen molar-refractivity contribution in [3.05, 3.63) is 0 Å². The Labute approximate surface area is 110 Å². The van der Waals surface area contributed by atoms with Gasteiger partial charge in [-0.15, -0.1) is 11.6 Å². The van der Waals surface area contributed by atoms with E-state index in [1.807, 2.05) is 0 Å². The molecule has 1 rings (SSSR count). The Bertz CT molecular complexity index is 335. The van der Waals surface area contributed by atoms with Crippen LogP contribution in [0.5, 0.6) is 0 Å². The highest BCUT2D eigenvalue weighted by atomic mass is 35.5. The summed E-state index contributed by atoms with van der Waals surface area (Å²) < 4.78 is 23.1. The molecular weight excluding hydrogens is 258 g/mol. The highest BCUT2D eigenvalue weighted by Gasteiger charge is 2.29. The first-order valence-corrected chi connectivity index (χ1v) is 8.43. The summed E-state index contributed by atoms with van der Waals surface area (Å²) in [5.41, 5.74) is 0. The largest absolute Gasteiger partial charge is 0.312 e. The van der Waals surface area contributed by atoms with Crippen LogP contribution in [-0.4, -0.2) is 36.9 Å². The van der Waals surface area contributed by atoms with Gasteiger partial charge in [-0.1, -0.05) is 12.8 Å². The second-order valence-corrected chi connectivity index (χ2v) is 9.22. The molecule has 2 unspecified atom stereocenters. The van der Waals surface area contributed by atoms with Crippen molar-refractivity contribution in [3.63, 3.8) is 0 Å². The first-order chi connectivity index (χ1) is 7.74. The Morgan fingerprint density at radius 2 is 1.82 bits per heavy atom. The third-order valence-electron chi connectivity index (χ3n) is 3.39. The fourth-order valence-corrected chi connectivity index (χ4v) is 3.37. The molecule has 5 heteroatoms. The van der Waals surface area contributed by atoms with Crippen molar-refractivity contribution in [1.82, 2.24) is 5.32 Å². The monoisotopic (exact) mass is 281 g/mol. The van der Waals surface area contributed by atoms with Crippen LogP contribution in [0.2, 0.25) is 0 Å². The van der Waals surface area contributed by atoms with E-state index in [2.05, 4.69) is 5.32 Å². The molecule has 0 radical (unpaired) electrons. The Morgan fingerprint density at radius 1 is 1.24 bits per heavy atom. The van der Waals surface area contributed by atoms with Crippen molar-refractivity contribution in [2.75, 3.05) is 12.3 Å². The summed E-state index contributed by atoms with van der Waals surface area (Å²) in [6, 6.07) is 0.278. The van der Waals surface area contributed by atoms with Crippen molar-refractivity contribution in [2.45, 2.75) is 62.6 Å². The van der Waals surface area contributed by atoms with Gasteiger partial charge in [0.1, 0.15) is 0 Å². The van der Waals surface area contributed by atoms with Gasteiger partial charge in [0, 0.05) is 18.0 Å². The summed E-state index contributed by atoms with van der Waals surface area (Å²) >= 11 is 6.21. The van der Waals surface area contributed by atoms with Gasteiger partial charge in [0.15, 0.2) is 9.84 Å². The summed E-state index contributed by atoms with van der Waals surface area (Å²) in [4.78, 5) is 0. The Hall–Kier alpha value is 0.200. The van der Waals surface area contributed by atoms with Crippen molar-refractivity contribution < 1.29 is 8.42 Å². The van der Waals surface area contributed by atoms with Crippen LogP contribution in [0.4, 0.5) is 0 Å². The van der Waals surface area contributed by atoms with E-state index in [1.165, 1.54) is 12.8 Å². The molecule has 0 heterocycles. The molecule has 102 valence electrons. The fourth-order valence-electron chi connectivity index (χ4n) is 2.00. The molecule has 1 saturated carbocycles. The van der Waals surface area contributed by atoms with E-state index in [1.54, 1.807) is 20.8 Å². The summed E-state index contributed by atoms with van der Waals surface area (Å²) in [5, 5.41) is 3.44. The molecule has 0 saturated heterocycles. The predicted octanol–water partition coefficient (Wildman–Crippen LogP) is 2.34. The zero-order valence-corrected chi connectivity index (χ0v) is 12.6. The molecule has 0 aliphatic heterocycles. The number of halogens is 1. The van der Waals surface area contributed by atoms with E-state index in [4.69, 9.17) is 11.6 Å². The van der Waals surface area contributed by atoms with Crippen LogP contribution in [0.25, 0.3) is 0 Å². The van der Waals surface area contributed by atoms with Crippen LogP contribution < -0.4 is 5.32 Å². The Morgan fingerprint density at radius 3 is 2.35 bits per heavy atom. The zero-order chi connectivity index (χ0) is 13.1. The van der Waals surface area contributed by atoms with Gasteiger partial charge in [0.2, 0.25) is 0 Å². The molecule has 0 aromatic rings. The molecule has 1 aliphatic rings. The van der Waals surface area contributed by atoms with Crippen LogP contribution in [0.1, 0.15) is 46.5 Å². The van der Waals surface area contributed by atoms with Crippen LogP contribution in [0, 0.1) is 0 Å². The molecule has 3 nitrogen and oxygen atoms in total. The second kappa shape index (κ2) is 5.89. The summed E-state index contributed by atoms with van der Waals surface area (Å²) in [5.74, 6) is 0.191. The molecule has 0 aromatic heterocycles. The van der Waals surface area contributed by atoms with E-state index in [0.717, 1.165) is 12.8 Å². The van der Waals surface area contributed by atoms with Crippen molar-refractivity contribution in [1.29, 1.82) is 0 Å². The Kier molecular flexibility index (Phi) is 5.29. The average molecular weight is 282 g/mol. The third kappa shape index (κ3) is 4.42. The lowest BCUT2D eigenvalue weighted by atomic mass is 9.95. The maximum atomic E-state index is 11.9. The normalized spacial score (nSPS) is 27.1. The Balaban J connectivity index is 2.37. The van der Waals surface area contributed by atoms with Gasteiger partial charge >= 0.3 is 0 Å². The molecule has 2 atom stereocenters. The minimum Gasteiger partial charge on any atom is -0.312 e. The minimum absolute atomic E-state index is 0.154. The van der Waals surface area contributed by atoms with Crippen molar-refractivity contribution in [3.8, 4) is 0 Å². The van der Waals surface area contributed by atoms with E-state index >= 15 is 0 Å². The number of sulfone groups is 1. The topological polar surface area (TPSA) is 46.2 Å². The quantitative estimate of drug-likeness (QED) is 0.805. The average Bonchev–Trinajstić information content (AvgIpc) is 2.19. The maximum absolute atomic E-state index is 11.9. The standard InChI is InChI=1S/C12H24ClNO2S/c1-12(2,3)17(15,16)9-8-14-11-7-5-4-6-10(11)13/h10-11,14H,4-9H2,1-3H3. The maximum Gasteiger partial charge on any atom is 0.156 e. The van der Waals surface area contributed by atoms with Gasteiger partial charge in [-0.05, 0) is 33.6 Å². The van der Waals surface area contributed by atoms with E-state index in [0.29, 0.717) is 6.54 Å². The number of hydrogen-bond acceptors (Lipinski definition) is 3. The fraction of sp³-hybridized carbons (Fsp3) is 1.00. The summed E-state index contributed by atoms with van der Waals surface area (Å²) in [6.07, 6.45) is 4.47. The van der Waals surface area contributed by atoms with Crippen LogP contribution in [0.15, 0.2) is 0 Å². The van der Waals surface area contributed by atoms with Crippen LogP contribution in [0.3, 0.4) is 0 Å². The van der Waals surface area contributed by atoms with E-state index in [9.17, 15) is 8.42 Å². The number of nitrogens with one attached hydrogen (secondary N) is 1. The highest BCUT2D eigenvalue weighted by molar-refractivity contribution is 7.92. The summed E-state index contributed by atoms with van der Waals surface area (Å²) in [6.45, 7) is 5.74. The molecule has 0 bridgehead atoms. The lowest BCUT2D eigenvalue weighted by Crippen LogP contribution is -2.43. The highest BCUT2D eigenvalue weighted by Crippen LogP contribution is 2.23. The van der Waals surface area contributed by atoms with Gasteiger partial charge in [0.25, 0.3) is 0 Å². The minimum atomic E-state index is -3.02. The molecule has 0 spiro atoms. The SMILES string of the molecule is CC(C)(C)S(=O)(=O)CCNC1CCCCC1Cl. The molecule has 17 heavy (non-hydrogen) atoms. The number of hydrogen-bond donors (Lipinski definition) is 1.